The summed E-state index contributed by atoms with van der Waals surface area (Å²) < 4.78 is 12.1. The van der Waals surface area contributed by atoms with E-state index in [0.717, 1.165) is 19.3 Å². The molecule has 0 saturated heterocycles. The van der Waals surface area contributed by atoms with Crippen LogP contribution in [-0.4, -0.2) is 19.0 Å². The summed E-state index contributed by atoms with van der Waals surface area (Å²) in [5.41, 5.74) is 0. The lowest BCUT2D eigenvalue weighted by Gasteiger charge is -2.34. The zero-order valence-corrected chi connectivity index (χ0v) is 17.2. The SMILES string of the molecule is [CH2]CCCCCCCCCCC(CCCCCC)(OC)OC(C)C. The number of ether oxygens (including phenoxy) is 2. The molecule has 0 aliphatic carbocycles. The molecular formula is C22H45O2. The van der Waals surface area contributed by atoms with Gasteiger partial charge in [-0.2, -0.15) is 0 Å². The Morgan fingerprint density at radius 2 is 1.21 bits per heavy atom. The first-order valence-electron chi connectivity index (χ1n) is 10.6. The van der Waals surface area contributed by atoms with Crippen molar-refractivity contribution in [2.24, 2.45) is 0 Å². The summed E-state index contributed by atoms with van der Waals surface area (Å²) in [6.07, 6.45) is 19.1. The predicted octanol–water partition coefficient (Wildman–Crippen LogP) is 7.46. The quantitative estimate of drug-likeness (QED) is 0.190. The van der Waals surface area contributed by atoms with Crippen molar-refractivity contribution < 1.29 is 9.47 Å². The largest absolute Gasteiger partial charge is 0.353 e. The fraction of sp³-hybridized carbons (Fsp3) is 0.955. The summed E-state index contributed by atoms with van der Waals surface area (Å²) in [5.74, 6) is -0.351. The van der Waals surface area contributed by atoms with Crippen LogP contribution in [0.15, 0.2) is 0 Å². The standard InChI is InChI=1S/C22H45O2/c1-6-8-10-12-13-14-15-16-18-20-22(23-5,24-21(3)4)19-17-11-9-7-2/h21H,1,6-20H2,2-5H3. The van der Waals surface area contributed by atoms with E-state index in [1.165, 1.54) is 77.0 Å². The summed E-state index contributed by atoms with van der Waals surface area (Å²) in [7, 11) is 1.82. The molecule has 0 aromatic rings. The normalized spacial score (nSPS) is 14.2. The minimum atomic E-state index is -0.351. The second-order valence-corrected chi connectivity index (χ2v) is 7.52. The second-order valence-electron chi connectivity index (χ2n) is 7.52. The first-order chi connectivity index (χ1) is 11.6. The van der Waals surface area contributed by atoms with Gasteiger partial charge < -0.3 is 9.47 Å². The van der Waals surface area contributed by atoms with E-state index in [-0.39, 0.29) is 11.9 Å². The molecule has 0 bridgehead atoms. The van der Waals surface area contributed by atoms with E-state index in [1.54, 1.807) is 0 Å². The number of rotatable bonds is 18. The Morgan fingerprint density at radius 1 is 0.750 bits per heavy atom. The Labute approximate surface area is 153 Å². The van der Waals surface area contributed by atoms with Crippen LogP contribution >= 0.6 is 0 Å². The van der Waals surface area contributed by atoms with Crippen LogP contribution in [0, 0.1) is 6.92 Å². The molecule has 0 fully saturated rings. The molecule has 2 heteroatoms. The van der Waals surface area contributed by atoms with Gasteiger partial charge >= 0.3 is 0 Å². The third kappa shape index (κ3) is 13.2. The van der Waals surface area contributed by atoms with E-state index in [4.69, 9.17) is 9.47 Å². The molecule has 0 aliphatic rings. The van der Waals surface area contributed by atoms with Crippen molar-refractivity contribution >= 4 is 0 Å². The molecule has 24 heavy (non-hydrogen) atoms. The minimum Gasteiger partial charge on any atom is -0.353 e. The molecule has 0 N–H and O–H groups in total. The predicted molar refractivity (Wildman–Crippen MR) is 106 cm³/mol. The monoisotopic (exact) mass is 341 g/mol. The highest BCUT2D eigenvalue weighted by Crippen LogP contribution is 2.29. The molecule has 1 atom stereocenters. The highest BCUT2D eigenvalue weighted by molar-refractivity contribution is 4.71. The van der Waals surface area contributed by atoms with Gasteiger partial charge in [-0.3, -0.25) is 0 Å². The molecule has 145 valence electrons. The maximum Gasteiger partial charge on any atom is 0.168 e. The molecule has 1 radical (unpaired) electrons. The molecule has 0 spiro atoms. The van der Waals surface area contributed by atoms with E-state index in [1.807, 2.05) is 7.11 Å². The second kappa shape index (κ2) is 16.4. The molecule has 0 aromatic carbocycles. The molecule has 0 amide bonds. The number of hydrogen-bond donors (Lipinski definition) is 0. The average Bonchev–Trinajstić information content (AvgIpc) is 2.56. The topological polar surface area (TPSA) is 18.5 Å². The van der Waals surface area contributed by atoms with Crippen molar-refractivity contribution in [3.8, 4) is 0 Å². The Hall–Kier alpha value is -0.0800. The lowest BCUT2D eigenvalue weighted by molar-refractivity contribution is -0.249. The van der Waals surface area contributed by atoms with E-state index < -0.39 is 0 Å². The van der Waals surface area contributed by atoms with Gasteiger partial charge in [-0.25, -0.2) is 0 Å². The van der Waals surface area contributed by atoms with Gasteiger partial charge in [0.05, 0.1) is 6.10 Å². The van der Waals surface area contributed by atoms with Gasteiger partial charge in [-0.15, -0.1) is 0 Å². The van der Waals surface area contributed by atoms with Crippen LogP contribution in [0.1, 0.15) is 117 Å². The molecule has 0 saturated carbocycles. The maximum atomic E-state index is 6.21. The summed E-state index contributed by atoms with van der Waals surface area (Å²) in [6.45, 7) is 10.4. The fourth-order valence-corrected chi connectivity index (χ4v) is 3.38. The zero-order chi connectivity index (χ0) is 18.1. The molecule has 0 heterocycles. The third-order valence-electron chi connectivity index (χ3n) is 4.79. The van der Waals surface area contributed by atoms with E-state index in [2.05, 4.69) is 27.7 Å². The van der Waals surface area contributed by atoms with Crippen LogP contribution in [-0.2, 0) is 9.47 Å². The van der Waals surface area contributed by atoms with Crippen LogP contribution in [0.2, 0.25) is 0 Å². The van der Waals surface area contributed by atoms with Gasteiger partial charge in [0, 0.05) is 20.0 Å². The lowest BCUT2D eigenvalue weighted by atomic mass is 9.98. The smallest absolute Gasteiger partial charge is 0.168 e. The Morgan fingerprint density at radius 3 is 1.62 bits per heavy atom. The van der Waals surface area contributed by atoms with E-state index in [9.17, 15) is 0 Å². The van der Waals surface area contributed by atoms with Gasteiger partial charge in [0.15, 0.2) is 5.79 Å². The first kappa shape index (κ1) is 23.9. The highest BCUT2D eigenvalue weighted by Gasteiger charge is 2.30. The summed E-state index contributed by atoms with van der Waals surface area (Å²) in [6, 6.07) is 0. The number of hydrogen-bond acceptors (Lipinski definition) is 2. The summed E-state index contributed by atoms with van der Waals surface area (Å²) >= 11 is 0. The van der Waals surface area contributed by atoms with Gasteiger partial charge in [0.25, 0.3) is 0 Å². The molecule has 2 nitrogen and oxygen atoms in total. The fourth-order valence-electron chi connectivity index (χ4n) is 3.38. The highest BCUT2D eigenvalue weighted by atomic mass is 16.7. The van der Waals surface area contributed by atoms with Crippen molar-refractivity contribution in [1.29, 1.82) is 0 Å². The van der Waals surface area contributed by atoms with Gasteiger partial charge in [-0.05, 0) is 26.7 Å². The molecule has 1 unspecified atom stereocenters. The van der Waals surface area contributed by atoms with Crippen molar-refractivity contribution in [3.63, 3.8) is 0 Å². The van der Waals surface area contributed by atoms with Crippen LogP contribution in [0.4, 0.5) is 0 Å². The van der Waals surface area contributed by atoms with Crippen LogP contribution in [0.3, 0.4) is 0 Å². The zero-order valence-electron chi connectivity index (χ0n) is 17.2. The lowest BCUT2D eigenvalue weighted by Crippen LogP contribution is -2.37. The Balaban J connectivity index is 3.98. The van der Waals surface area contributed by atoms with E-state index >= 15 is 0 Å². The summed E-state index contributed by atoms with van der Waals surface area (Å²) in [4.78, 5) is 0. The van der Waals surface area contributed by atoms with Crippen LogP contribution in [0.25, 0.3) is 0 Å². The third-order valence-corrected chi connectivity index (χ3v) is 4.79. The average molecular weight is 342 g/mol. The van der Waals surface area contributed by atoms with Crippen LogP contribution < -0.4 is 0 Å². The molecule has 0 rings (SSSR count). The van der Waals surface area contributed by atoms with E-state index in [0.29, 0.717) is 0 Å². The first-order valence-corrected chi connectivity index (χ1v) is 10.6. The molecule has 0 aliphatic heterocycles. The van der Waals surface area contributed by atoms with Crippen molar-refractivity contribution in [2.45, 2.75) is 129 Å². The maximum absolute atomic E-state index is 6.21. The number of unbranched alkanes of at least 4 members (excludes halogenated alkanes) is 11. The minimum absolute atomic E-state index is 0.226. The van der Waals surface area contributed by atoms with Crippen LogP contribution in [0.5, 0.6) is 0 Å². The van der Waals surface area contributed by atoms with Gasteiger partial charge in [0.1, 0.15) is 0 Å². The Bertz CT molecular complexity index is 252. The van der Waals surface area contributed by atoms with Gasteiger partial charge in [0.2, 0.25) is 0 Å². The summed E-state index contributed by atoms with van der Waals surface area (Å²) in [5, 5.41) is 0. The van der Waals surface area contributed by atoms with Crippen molar-refractivity contribution in [3.05, 3.63) is 6.92 Å². The van der Waals surface area contributed by atoms with Crippen molar-refractivity contribution in [1.82, 2.24) is 0 Å². The van der Waals surface area contributed by atoms with Gasteiger partial charge in [-0.1, -0.05) is 84.5 Å². The van der Waals surface area contributed by atoms with Crippen molar-refractivity contribution in [2.75, 3.05) is 7.11 Å². The Kier molecular flexibility index (Phi) is 16.3. The molecular weight excluding hydrogens is 296 g/mol. The number of methoxy groups -OCH3 is 1. The molecule has 0 aromatic heterocycles.